The van der Waals surface area contributed by atoms with Crippen LogP contribution in [0, 0.1) is 0 Å². The molecule has 0 aliphatic carbocycles. The molecule has 30 heavy (non-hydrogen) atoms. The van der Waals surface area contributed by atoms with Crippen LogP contribution in [0.2, 0.25) is 0 Å². The van der Waals surface area contributed by atoms with E-state index < -0.39 is 5.25 Å². The molecule has 2 aromatic rings. The van der Waals surface area contributed by atoms with Crippen molar-refractivity contribution in [2.45, 2.75) is 56.1 Å². The quantitative estimate of drug-likeness (QED) is 0.423. The molecule has 0 saturated carbocycles. The van der Waals surface area contributed by atoms with Crippen molar-refractivity contribution in [2.24, 2.45) is 0 Å². The summed E-state index contributed by atoms with van der Waals surface area (Å²) in [4.78, 5) is 26.4. The van der Waals surface area contributed by atoms with Crippen molar-refractivity contribution in [2.75, 3.05) is 30.0 Å². The average molecular weight is 451 g/mol. The van der Waals surface area contributed by atoms with Crippen molar-refractivity contribution in [3.05, 3.63) is 29.8 Å². The second-order valence-corrected chi connectivity index (χ2v) is 9.27. The summed E-state index contributed by atoms with van der Waals surface area (Å²) in [7, 11) is 0. The number of aromatic nitrogens is 3. The van der Waals surface area contributed by atoms with E-state index in [1.54, 1.807) is 11.8 Å². The summed E-state index contributed by atoms with van der Waals surface area (Å²) in [5.41, 5.74) is 1.97. The Hall–Kier alpha value is -2.20. The predicted molar refractivity (Wildman–Crippen MR) is 123 cm³/mol. The molecule has 2 amide bonds. The second-order valence-electron chi connectivity index (χ2n) is 7.02. The van der Waals surface area contributed by atoms with Crippen LogP contribution < -0.4 is 11.2 Å². The topological polar surface area (TPSA) is 106 Å². The summed E-state index contributed by atoms with van der Waals surface area (Å²) in [5, 5.41) is 11.5. The van der Waals surface area contributed by atoms with Crippen LogP contribution in [0.25, 0.3) is 0 Å². The van der Waals surface area contributed by atoms with E-state index in [1.807, 2.05) is 38.1 Å². The van der Waals surface area contributed by atoms with Gasteiger partial charge in [0.1, 0.15) is 0 Å². The normalized spacial score (nSPS) is 12.1. The molecule has 1 atom stereocenters. The van der Waals surface area contributed by atoms with Gasteiger partial charge >= 0.3 is 0 Å². The molecule has 0 radical (unpaired) electrons. The number of thioether (sulfide) groups is 2. The zero-order valence-corrected chi connectivity index (χ0v) is 19.7. The summed E-state index contributed by atoms with van der Waals surface area (Å²) in [6.07, 6.45) is 0. The fourth-order valence-electron chi connectivity index (χ4n) is 2.64. The Morgan fingerprint density at radius 2 is 1.70 bits per heavy atom. The van der Waals surface area contributed by atoms with Crippen molar-refractivity contribution in [1.29, 1.82) is 0 Å². The van der Waals surface area contributed by atoms with Crippen LogP contribution >= 0.6 is 23.5 Å². The second kappa shape index (κ2) is 11.3. The lowest BCUT2D eigenvalue weighted by Gasteiger charge is -2.17. The van der Waals surface area contributed by atoms with Crippen LogP contribution in [0.1, 0.15) is 46.1 Å². The smallest absolute Gasteiger partial charge is 0.237 e. The molecule has 2 rings (SSSR count). The highest BCUT2D eigenvalue weighted by atomic mass is 32.2. The molecule has 0 aliphatic rings. The highest BCUT2D eigenvalue weighted by Crippen LogP contribution is 2.25. The van der Waals surface area contributed by atoms with Gasteiger partial charge in [-0.1, -0.05) is 49.5 Å². The number of nitrogens with two attached hydrogens (primary N) is 1. The summed E-state index contributed by atoms with van der Waals surface area (Å²) in [5.74, 6) is 6.63. The van der Waals surface area contributed by atoms with Gasteiger partial charge in [0.25, 0.3) is 0 Å². The van der Waals surface area contributed by atoms with Crippen molar-refractivity contribution in [1.82, 2.24) is 19.8 Å². The van der Waals surface area contributed by atoms with E-state index in [1.165, 1.54) is 33.8 Å². The number of hydrogen-bond donors (Lipinski definition) is 2. The Morgan fingerprint density at radius 3 is 2.27 bits per heavy atom. The summed E-state index contributed by atoms with van der Waals surface area (Å²) < 4.78 is 1.33. The van der Waals surface area contributed by atoms with E-state index in [4.69, 9.17) is 5.84 Å². The number of anilines is 1. The fourth-order valence-corrected chi connectivity index (χ4v) is 4.23. The van der Waals surface area contributed by atoms with E-state index in [0.29, 0.717) is 29.3 Å². The SMILES string of the molecule is CCN(CC)C(=O)CSc1nnc(SC(C)C(=O)Nc2ccc(C(C)C)cc2)n1N. The molecular weight excluding hydrogens is 420 g/mol. The van der Waals surface area contributed by atoms with Gasteiger partial charge in [0, 0.05) is 18.8 Å². The molecule has 8 nitrogen and oxygen atoms in total. The molecule has 0 spiro atoms. The van der Waals surface area contributed by atoms with Crippen LogP contribution in [-0.2, 0) is 9.59 Å². The van der Waals surface area contributed by atoms with Gasteiger partial charge in [-0.25, -0.2) is 4.68 Å². The molecular formula is C20H30N6O2S2. The molecule has 0 aliphatic heterocycles. The standard InChI is InChI=1S/C20H30N6O2S2/c1-6-25(7-2)17(27)12-29-19-23-24-20(26(19)21)30-14(5)18(28)22-16-10-8-15(9-11-16)13(3)4/h8-11,13-14H,6-7,12,21H2,1-5H3,(H,22,28). The first kappa shape index (κ1) is 24.1. The molecule has 0 saturated heterocycles. The van der Waals surface area contributed by atoms with E-state index in [-0.39, 0.29) is 17.6 Å². The number of carbonyl (C=O) groups is 2. The molecule has 0 bridgehead atoms. The highest BCUT2D eigenvalue weighted by molar-refractivity contribution is 8.00. The van der Waals surface area contributed by atoms with Crippen molar-refractivity contribution in [3.63, 3.8) is 0 Å². The number of hydrogen-bond acceptors (Lipinski definition) is 7. The number of nitrogens with zero attached hydrogens (tertiary/aromatic N) is 4. The lowest BCUT2D eigenvalue weighted by molar-refractivity contribution is -0.128. The first-order valence-corrected chi connectivity index (χ1v) is 11.8. The van der Waals surface area contributed by atoms with Crippen LogP contribution in [0.4, 0.5) is 5.69 Å². The lowest BCUT2D eigenvalue weighted by atomic mass is 10.0. The highest BCUT2D eigenvalue weighted by Gasteiger charge is 2.20. The van der Waals surface area contributed by atoms with Gasteiger partial charge in [-0.15, -0.1) is 10.2 Å². The molecule has 10 heteroatoms. The molecule has 0 fully saturated rings. The number of nitrogen functional groups attached to an aromatic ring is 1. The van der Waals surface area contributed by atoms with E-state index in [9.17, 15) is 9.59 Å². The molecule has 164 valence electrons. The Morgan fingerprint density at radius 1 is 1.10 bits per heavy atom. The van der Waals surface area contributed by atoms with Gasteiger partial charge in [-0.05, 0) is 44.4 Å². The van der Waals surface area contributed by atoms with Gasteiger partial charge in [0.2, 0.25) is 22.1 Å². The summed E-state index contributed by atoms with van der Waals surface area (Å²) >= 11 is 2.46. The maximum absolute atomic E-state index is 12.5. The van der Waals surface area contributed by atoms with Gasteiger partial charge < -0.3 is 16.1 Å². The third-order valence-electron chi connectivity index (χ3n) is 4.57. The zero-order chi connectivity index (χ0) is 22.3. The molecule has 1 aromatic carbocycles. The van der Waals surface area contributed by atoms with Crippen LogP contribution in [0.3, 0.4) is 0 Å². The zero-order valence-electron chi connectivity index (χ0n) is 18.1. The maximum Gasteiger partial charge on any atom is 0.237 e. The predicted octanol–water partition coefficient (Wildman–Crippen LogP) is 3.20. The number of amides is 2. The maximum atomic E-state index is 12.5. The Bertz CT molecular complexity index is 849. The minimum Gasteiger partial charge on any atom is -0.343 e. The van der Waals surface area contributed by atoms with Gasteiger partial charge in [-0.3, -0.25) is 9.59 Å². The third-order valence-corrected chi connectivity index (χ3v) is 6.56. The first-order valence-electron chi connectivity index (χ1n) is 9.95. The third kappa shape index (κ3) is 6.40. The van der Waals surface area contributed by atoms with Crippen LogP contribution in [0.15, 0.2) is 34.6 Å². The Labute approximate surface area is 186 Å². The minimum atomic E-state index is -0.420. The van der Waals surface area contributed by atoms with Crippen LogP contribution in [-0.4, -0.2) is 55.7 Å². The van der Waals surface area contributed by atoms with Gasteiger partial charge in [0.15, 0.2) is 0 Å². The molecule has 1 heterocycles. The molecule has 1 unspecified atom stereocenters. The minimum absolute atomic E-state index is 0.0263. The van der Waals surface area contributed by atoms with Crippen molar-refractivity contribution >= 4 is 41.0 Å². The van der Waals surface area contributed by atoms with Crippen molar-refractivity contribution in [3.8, 4) is 0 Å². The number of benzene rings is 1. The van der Waals surface area contributed by atoms with E-state index in [0.717, 1.165) is 5.69 Å². The molecule has 1 aromatic heterocycles. The van der Waals surface area contributed by atoms with E-state index in [2.05, 4.69) is 29.4 Å². The Kier molecular flexibility index (Phi) is 9.04. The first-order chi connectivity index (χ1) is 14.3. The lowest BCUT2D eigenvalue weighted by Crippen LogP contribution is -2.32. The number of rotatable bonds is 10. The number of carbonyl (C=O) groups excluding carboxylic acids is 2. The summed E-state index contributed by atoms with van der Waals surface area (Å²) in [6, 6.07) is 7.82. The summed E-state index contributed by atoms with van der Waals surface area (Å²) in [6.45, 7) is 11.3. The number of nitrogens with one attached hydrogen (secondary N) is 1. The monoisotopic (exact) mass is 450 g/mol. The van der Waals surface area contributed by atoms with Gasteiger partial charge in [0.05, 0.1) is 11.0 Å². The van der Waals surface area contributed by atoms with Crippen molar-refractivity contribution < 1.29 is 9.59 Å². The fraction of sp³-hybridized carbons (Fsp3) is 0.500. The van der Waals surface area contributed by atoms with Gasteiger partial charge in [-0.2, -0.15) is 0 Å². The van der Waals surface area contributed by atoms with Crippen LogP contribution in [0.5, 0.6) is 0 Å². The average Bonchev–Trinajstić information content (AvgIpc) is 3.07. The largest absolute Gasteiger partial charge is 0.343 e. The molecule has 3 N–H and O–H groups in total. The Balaban J connectivity index is 1.92. The van der Waals surface area contributed by atoms with E-state index >= 15 is 0 Å².